The Kier molecular flexibility index (Phi) is 6.66. The molecule has 56 heavy (non-hydrogen) atoms. The molecule has 11 aromatic rings. The minimum atomic E-state index is -0.107. The van der Waals surface area contributed by atoms with Gasteiger partial charge in [-0.05, 0) is 135 Å². The number of hydrogen-bond acceptors (Lipinski definition) is 1. The normalized spacial score (nSPS) is 13.3. The Morgan fingerprint density at radius 3 is 1.59 bits per heavy atom. The minimum Gasteiger partial charge on any atom is -0.135 e. The Balaban J connectivity index is 1.09. The average molecular weight is 729 g/mol. The molecule has 0 saturated heterocycles. The van der Waals surface area contributed by atoms with E-state index in [0.717, 1.165) is 0 Å². The van der Waals surface area contributed by atoms with Crippen molar-refractivity contribution in [3.05, 3.63) is 193 Å². The number of rotatable bonds is 3. The zero-order valence-electron chi connectivity index (χ0n) is 31.2. The van der Waals surface area contributed by atoms with Crippen LogP contribution in [0.2, 0.25) is 0 Å². The molecule has 12 rings (SSSR count). The topological polar surface area (TPSA) is 0 Å². The average Bonchev–Trinajstić information content (AvgIpc) is 3.71. The van der Waals surface area contributed by atoms with Gasteiger partial charge in [-0.15, -0.1) is 11.3 Å². The van der Waals surface area contributed by atoms with Gasteiger partial charge in [-0.3, -0.25) is 0 Å². The van der Waals surface area contributed by atoms with Crippen molar-refractivity contribution in [2.45, 2.75) is 19.3 Å². The quantitative estimate of drug-likeness (QED) is 0.159. The maximum atomic E-state index is 2.49. The molecule has 1 heterocycles. The molecule has 0 bridgehead atoms. The summed E-state index contributed by atoms with van der Waals surface area (Å²) in [5.41, 5.74) is 13.0. The van der Waals surface area contributed by atoms with Crippen LogP contribution in [0.5, 0.6) is 0 Å². The van der Waals surface area contributed by atoms with E-state index in [1.807, 2.05) is 11.3 Å². The van der Waals surface area contributed by atoms with Crippen molar-refractivity contribution in [1.82, 2.24) is 0 Å². The van der Waals surface area contributed by atoms with Crippen molar-refractivity contribution in [2.24, 2.45) is 0 Å². The van der Waals surface area contributed by atoms with Gasteiger partial charge < -0.3 is 0 Å². The fourth-order valence-electron chi connectivity index (χ4n) is 9.99. The lowest BCUT2D eigenvalue weighted by atomic mass is 9.81. The molecule has 1 aliphatic rings. The van der Waals surface area contributed by atoms with E-state index in [9.17, 15) is 0 Å². The molecule has 0 saturated carbocycles. The zero-order valence-corrected chi connectivity index (χ0v) is 32.0. The number of fused-ring (bicyclic) bond motifs is 10. The molecule has 0 fully saturated rings. The van der Waals surface area contributed by atoms with Crippen LogP contribution in [0, 0.1) is 0 Å². The molecule has 0 N–H and O–H groups in total. The van der Waals surface area contributed by atoms with Gasteiger partial charge in [-0.1, -0.05) is 159 Å². The number of benzene rings is 10. The van der Waals surface area contributed by atoms with Crippen LogP contribution in [-0.2, 0) is 5.41 Å². The summed E-state index contributed by atoms with van der Waals surface area (Å²) in [5.74, 6) is 0. The first-order valence-corrected chi connectivity index (χ1v) is 20.4. The maximum Gasteiger partial charge on any atom is 0.0361 e. The minimum absolute atomic E-state index is 0.107. The fourth-order valence-corrected chi connectivity index (χ4v) is 11.1. The SMILES string of the molecule is CC1(C)c2ccc(-c3c4ccccc4c(-c4ccc(-c5ccccc5)c5ccccc45)c4ccccc34)cc2-c2cc3cc4sc5ccccc5c4cc3cc21. The molecule has 262 valence electrons. The predicted molar refractivity (Wildman–Crippen MR) is 243 cm³/mol. The second kappa shape index (κ2) is 11.7. The van der Waals surface area contributed by atoms with Crippen molar-refractivity contribution in [3.63, 3.8) is 0 Å². The summed E-state index contributed by atoms with van der Waals surface area (Å²) in [6.07, 6.45) is 0. The molecule has 1 aromatic heterocycles. The van der Waals surface area contributed by atoms with Gasteiger partial charge in [0.2, 0.25) is 0 Å². The first-order chi connectivity index (χ1) is 27.5. The third-order valence-electron chi connectivity index (χ3n) is 12.6. The summed E-state index contributed by atoms with van der Waals surface area (Å²) in [5, 5.41) is 13.0. The van der Waals surface area contributed by atoms with Crippen molar-refractivity contribution >= 4 is 74.6 Å². The van der Waals surface area contributed by atoms with Crippen LogP contribution in [-0.4, -0.2) is 0 Å². The molecule has 0 amide bonds. The molecule has 0 aliphatic heterocycles. The lowest BCUT2D eigenvalue weighted by Crippen LogP contribution is -2.14. The summed E-state index contributed by atoms with van der Waals surface area (Å²) >= 11 is 1.90. The van der Waals surface area contributed by atoms with Gasteiger partial charge >= 0.3 is 0 Å². The van der Waals surface area contributed by atoms with Crippen LogP contribution >= 0.6 is 11.3 Å². The Labute approximate surface area is 329 Å². The summed E-state index contributed by atoms with van der Waals surface area (Å²) in [7, 11) is 0. The molecular formula is C55H36S. The van der Waals surface area contributed by atoms with Crippen molar-refractivity contribution < 1.29 is 0 Å². The lowest BCUT2D eigenvalue weighted by molar-refractivity contribution is 0.661. The first kappa shape index (κ1) is 31.8. The van der Waals surface area contributed by atoms with E-state index in [1.54, 1.807) is 0 Å². The van der Waals surface area contributed by atoms with Crippen molar-refractivity contribution in [2.75, 3.05) is 0 Å². The molecule has 10 aromatic carbocycles. The third kappa shape index (κ3) is 4.47. The highest BCUT2D eigenvalue weighted by Gasteiger charge is 2.36. The van der Waals surface area contributed by atoms with E-state index in [1.165, 1.54) is 119 Å². The van der Waals surface area contributed by atoms with Crippen LogP contribution in [0.1, 0.15) is 25.0 Å². The summed E-state index contributed by atoms with van der Waals surface area (Å²) in [4.78, 5) is 0. The molecular weight excluding hydrogens is 693 g/mol. The van der Waals surface area contributed by atoms with Gasteiger partial charge in [0.15, 0.2) is 0 Å². The van der Waals surface area contributed by atoms with E-state index < -0.39 is 0 Å². The summed E-state index contributed by atoms with van der Waals surface area (Å²) in [6, 6.07) is 68.3. The second-order valence-corrected chi connectivity index (χ2v) is 17.1. The highest BCUT2D eigenvalue weighted by Crippen LogP contribution is 2.53. The third-order valence-corrected chi connectivity index (χ3v) is 13.8. The zero-order chi connectivity index (χ0) is 37.1. The summed E-state index contributed by atoms with van der Waals surface area (Å²) in [6.45, 7) is 4.79. The fraction of sp³-hybridized carbons (Fsp3) is 0.0545. The maximum absolute atomic E-state index is 2.49. The standard InChI is InChI=1S/C55H36S/c1-55(2)49-27-24-34(28-46(49)47-29-36-32-52-48(30-35(36)31-50(47)55)40-18-12-13-23-51(40)56-52)53-41-19-8-10-21-43(41)54(44-22-11-9-20-42(44)53)45-26-25-37(33-14-4-3-5-15-33)38-16-6-7-17-39(38)45/h3-32H,1-2H3. The highest BCUT2D eigenvalue weighted by molar-refractivity contribution is 7.25. The Bertz CT molecular complexity index is 3380. The van der Waals surface area contributed by atoms with E-state index in [0.29, 0.717) is 0 Å². The Morgan fingerprint density at radius 1 is 0.321 bits per heavy atom. The van der Waals surface area contributed by atoms with E-state index >= 15 is 0 Å². The monoisotopic (exact) mass is 728 g/mol. The van der Waals surface area contributed by atoms with E-state index in [2.05, 4.69) is 196 Å². The van der Waals surface area contributed by atoms with Gasteiger partial charge in [0.05, 0.1) is 0 Å². The van der Waals surface area contributed by atoms with Crippen LogP contribution < -0.4 is 0 Å². The van der Waals surface area contributed by atoms with Gasteiger partial charge in [0, 0.05) is 25.6 Å². The van der Waals surface area contributed by atoms with Gasteiger partial charge in [0.25, 0.3) is 0 Å². The number of thiophene rings is 1. The van der Waals surface area contributed by atoms with Crippen LogP contribution in [0.3, 0.4) is 0 Å². The second-order valence-electron chi connectivity index (χ2n) is 16.0. The highest BCUT2D eigenvalue weighted by atomic mass is 32.1. The van der Waals surface area contributed by atoms with Gasteiger partial charge in [-0.25, -0.2) is 0 Å². The lowest BCUT2D eigenvalue weighted by Gasteiger charge is -2.22. The van der Waals surface area contributed by atoms with E-state index in [-0.39, 0.29) is 5.41 Å². The van der Waals surface area contributed by atoms with Crippen molar-refractivity contribution in [1.29, 1.82) is 0 Å². The molecule has 0 atom stereocenters. The smallest absolute Gasteiger partial charge is 0.0361 e. The molecule has 0 radical (unpaired) electrons. The summed E-state index contributed by atoms with van der Waals surface area (Å²) < 4.78 is 2.70. The van der Waals surface area contributed by atoms with Crippen LogP contribution in [0.25, 0.3) is 108 Å². The molecule has 1 heteroatoms. The van der Waals surface area contributed by atoms with Crippen LogP contribution in [0.4, 0.5) is 0 Å². The largest absolute Gasteiger partial charge is 0.135 e. The number of hydrogen-bond donors (Lipinski definition) is 0. The van der Waals surface area contributed by atoms with Gasteiger partial charge in [-0.2, -0.15) is 0 Å². The Hall–Kier alpha value is -6.54. The molecule has 0 nitrogen and oxygen atoms in total. The Morgan fingerprint density at radius 2 is 0.875 bits per heavy atom. The van der Waals surface area contributed by atoms with Crippen molar-refractivity contribution in [3.8, 4) is 44.5 Å². The van der Waals surface area contributed by atoms with Gasteiger partial charge in [0.1, 0.15) is 0 Å². The van der Waals surface area contributed by atoms with E-state index in [4.69, 9.17) is 0 Å². The molecule has 1 aliphatic carbocycles. The predicted octanol–water partition coefficient (Wildman–Crippen LogP) is 16.0. The molecule has 0 unspecified atom stereocenters. The molecule has 0 spiro atoms. The first-order valence-electron chi connectivity index (χ1n) is 19.6. The van der Waals surface area contributed by atoms with Crippen LogP contribution in [0.15, 0.2) is 182 Å².